The second-order valence-corrected chi connectivity index (χ2v) is 4.62. The summed E-state index contributed by atoms with van der Waals surface area (Å²) in [5.74, 6) is 0. The summed E-state index contributed by atoms with van der Waals surface area (Å²) in [6, 6.07) is 0. The van der Waals surface area contributed by atoms with E-state index in [9.17, 15) is 4.79 Å². The van der Waals surface area contributed by atoms with Gasteiger partial charge in [0.25, 0.3) is 5.56 Å². The number of aromatic nitrogens is 3. The number of rotatable bonds is 1. The number of hydrogen-bond acceptors (Lipinski definition) is 2. The van der Waals surface area contributed by atoms with Crippen LogP contribution in [0.2, 0.25) is 0 Å². The lowest BCUT2D eigenvalue weighted by molar-refractivity contribution is 0.731. The van der Waals surface area contributed by atoms with Gasteiger partial charge in [-0.15, -0.1) is 0 Å². The van der Waals surface area contributed by atoms with Gasteiger partial charge in [-0.3, -0.25) is 19.6 Å². The third-order valence-corrected chi connectivity index (χ3v) is 3.45. The van der Waals surface area contributed by atoms with Gasteiger partial charge in [-0.2, -0.15) is 0 Å². The lowest BCUT2D eigenvalue weighted by atomic mass is 10.0. The maximum absolute atomic E-state index is 11.9. The number of pyridine rings is 1. The Kier molecular flexibility index (Phi) is 2.71. The first-order valence-electron chi connectivity index (χ1n) is 4.88. The quantitative estimate of drug-likeness (QED) is 0.871. The molecule has 0 radical (unpaired) electrons. The number of aromatic amines is 1. The summed E-state index contributed by atoms with van der Waals surface area (Å²) in [5.41, 5.74) is 3.41. The molecular formula is C11H12BrN3O. The molecule has 2 rings (SSSR count). The van der Waals surface area contributed by atoms with Crippen molar-refractivity contribution in [1.82, 2.24) is 14.8 Å². The van der Waals surface area contributed by atoms with E-state index in [4.69, 9.17) is 0 Å². The van der Waals surface area contributed by atoms with Gasteiger partial charge in [0.05, 0.1) is 5.56 Å². The van der Waals surface area contributed by atoms with Crippen LogP contribution in [0, 0.1) is 13.8 Å². The summed E-state index contributed by atoms with van der Waals surface area (Å²) < 4.78 is 2.39. The van der Waals surface area contributed by atoms with Crippen molar-refractivity contribution >= 4 is 15.9 Å². The average molecular weight is 282 g/mol. The Bertz CT molecular complexity index is 598. The van der Waals surface area contributed by atoms with E-state index < -0.39 is 0 Å². The Morgan fingerprint density at radius 2 is 2.06 bits per heavy atom. The Morgan fingerprint density at radius 1 is 1.38 bits per heavy atom. The van der Waals surface area contributed by atoms with Crippen LogP contribution in [-0.4, -0.2) is 14.8 Å². The van der Waals surface area contributed by atoms with E-state index >= 15 is 0 Å². The van der Waals surface area contributed by atoms with E-state index in [2.05, 4.69) is 26.0 Å². The van der Waals surface area contributed by atoms with Gasteiger partial charge in [-0.1, -0.05) is 0 Å². The highest BCUT2D eigenvalue weighted by molar-refractivity contribution is 9.10. The normalized spacial score (nSPS) is 10.8. The van der Waals surface area contributed by atoms with Crippen LogP contribution in [0.5, 0.6) is 0 Å². The van der Waals surface area contributed by atoms with Crippen molar-refractivity contribution in [2.24, 2.45) is 7.05 Å². The predicted octanol–water partition coefficient (Wildman–Crippen LogP) is 2.15. The van der Waals surface area contributed by atoms with E-state index in [1.54, 1.807) is 19.4 Å². The lowest BCUT2D eigenvalue weighted by Crippen LogP contribution is -2.13. The Hall–Kier alpha value is -1.36. The molecule has 2 aromatic rings. The van der Waals surface area contributed by atoms with Gasteiger partial charge in [0, 0.05) is 35.2 Å². The molecule has 0 atom stereocenters. The van der Waals surface area contributed by atoms with Crippen LogP contribution in [-0.2, 0) is 7.05 Å². The smallest absolute Gasteiger partial charge is 0.274 e. The zero-order valence-electron chi connectivity index (χ0n) is 9.34. The van der Waals surface area contributed by atoms with Gasteiger partial charge in [0.2, 0.25) is 0 Å². The fraction of sp³-hybridized carbons (Fsp3) is 0.273. The minimum atomic E-state index is -0.0273. The zero-order chi connectivity index (χ0) is 11.9. The molecule has 0 saturated heterocycles. The fourth-order valence-corrected chi connectivity index (χ4v) is 2.09. The number of nitrogens with zero attached hydrogens (tertiary/aromatic N) is 2. The van der Waals surface area contributed by atoms with Gasteiger partial charge in [-0.05, 0) is 35.3 Å². The molecule has 0 aliphatic heterocycles. The topological polar surface area (TPSA) is 50.7 Å². The van der Waals surface area contributed by atoms with Gasteiger partial charge in [0.15, 0.2) is 0 Å². The molecule has 0 saturated carbocycles. The second-order valence-electron chi connectivity index (χ2n) is 3.77. The van der Waals surface area contributed by atoms with Gasteiger partial charge >= 0.3 is 0 Å². The van der Waals surface area contributed by atoms with Crippen LogP contribution in [0.25, 0.3) is 11.1 Å². The van der Waals surface area contributed by atoms with Crippen molar-refractivity contribution in [2.75, 3.05) is 0 Å². The summed E-state index contributed by atoms with van der Waals surface area (Å²) >= 11 is 3.42. The van der Waals surface area contributed by atoms with E-state index in [-0.39, 0.29) is 5.56 Å². The molecule has 0 aliphatic carbocycles. The minimum absolute atomic E-state index is 0.0273. The Morgan fingerprint density at radius 3 is 2.62 bits per heavy atom. The number of hydrogen-bond donors (Lipinski definition) is 1. The highest BCUT2D eigenvalue weighted by Crippen LogP contribution is 2.26. The monoisotopic (exact) mass is 281 g/mol. The molecule has 84 valence electrons. The summed E-state index contributed by atoms with van der Waals surface area (Å²) in [5, 5.41) is 2.98. The van der Waals surface area contributed by atoms with E-state index in [0.29, 0.717) is 5.56 Å². The predicted molar refractivity (Wildman–Crippen MR) is 66.4 cm³/mol. The number of halogens is 1. The molecular weight excluding hydrogens is 270 g/mol. The van der Waals surface area contributed by atoms with Gasteiger partial charge in [0.1, 0.15) is 0 Å². The average Bonchev–Trinajstić information content (AvgIpc) is 2.47. The van der Waals surface area contributed by atoms with E-state index in [1.165, 1.54) is 4.68 Å². The van der Waals surface area contributed by atoms with E-state index in [0.717, 1.165) is 21.3 Å². The summed E-state index contributed by atoms with van der Waals surface area (Å²) in [4.78, 5) is 16.0. The molecule has 2 heterocycles. The zero-order valence-corrected chi connectivity index (χ0v) is 10.9. The van der Waals surface area contributed by atoms with Crippen LogP contribution in [0.3, 0.4) is 0 Å². The highest BCUT2D eigenvalue weighted by atomic mass is 79.9. The molecule has 0 bridgehead atoms. The van der Waals surface area contributed by atoms with Crippen molar-refractivity contribution in [3.05, 3.63) is 38.5 Å². The molecule has 0 spiro atoms. The molecule has 0 amide bonds. The maximum atomic E-state index is 11.9. The molecule has 4 nitrogen and oxygen atoms in total. The summed E-state index contributed by atoms with van der Waals surface area (Å²) in [6.45, 7) is 3.85. The molecule has 16 heavy (non-hydrogen) atoms. The molecule has 0 unspecified atom stereocenters. The van der Waals surface area contributed by atoms with Crippen molar-refractivity contribution in [3.8, 4) is 11.1 Å². The largest absolute Gasteiger partial charge is 0.300 e. The molecule has 0 aromatic carbocycles. The van der Waals surface area contributed by atoms with Crippen LogP contribution >= 0.6 is 15.9 Å². The minimum Gasteiger partial charge on any atom is -0.300 e. The second kappa shape index (κ2) is 3.90. The highest BCUT2D eigenvalue weighted by Gasteiger charge is 2.14. The lowest BCUT2D eigenvalue weighted by Gasteiger charge is -2.04. The van der Waals surface area contributed by atoms with Gasteiger partial charge in [-0.25, -0.2) is 0 Å². The number of H-pyrrole nitrogens is 1. The maximum Gasteiger partial charge on any atom is 0.274 e. The van der Waals surface area contributed by atoms with Crippen LogP contribution in [0.15, 0.2) is 21.7 Å². The molecule has 2 aromatic heterocycles. The summed E-state index contributed by atoms with van der Waals surface area (Å²) in [6.07, 6.45) is 3.45. The molecule has 0 fully saturated rings. The third kappa shape index (κ3) is 1.61. The Balaban J connectivity index is 2.78. The SMILES string of the molecule is Cc1[nH]n(C)c(=O)c1-c1cncc(Br)c1C. The molecule has 5 heteroatoms. The number of aryl methyl sites for hydroxylation is 2. The molecule has 1 N–H and O–H groups in total. The van der Waals surface area contributed by atoms with Crippen LogP contribution in [0.4, 0.5) is 0 Å². The first kappa shape index (κ1) is 11.1. The summed E-state index contributed by atoms with van der Waals surface area (Å²) in [7, 11) is 1.71. The fourth-order valence-electron chi connectivity index (χ4n) is 1.76. The first-order valence-corrected chi connectivity index (χ1v) is 5.67. The third-order valence-electron chi connectivity index (χ3n) is 2.65. The van der Waals surface area contributed by atoms with Crippen molar-refractivity contribution < 1.29 is 0 Å². The first-order chi connectivity index (χ1) is 7.52. The van der Waals surface area contributed by atoms with Crippen LogP contribution < -0.4 is 5.56 Å². The van der Waals surface area contributed by atoms with Crippen molar-refractivity contribution in [2.45, 2.75) is 13.8 Å². The van der Waals surface area contributed by atoms with Gasteiger partial charge < -0.3 is 0 Å². The Labute approximate surface area is 101 Å². The van der Waals surface area contributed by atoms with E-state index in [1.807, 2.05) is 13.8 Å². The standard InChI is InChI=1S/C11H12BrN3O/c1-6-8(4-13-5-9(6)12)10-7(2)14-15(3)11(10)16/h4-5,14H,1-3H3. The number of nitrogens with one attached hydrogen (secondary N) is 1. The van der Waals surface area contributed by atoms with Crippen molar-refractivity contribution in [3.63, 3.8) is 0 Å². The van der Waals surface area contributed by atoms with Crippen molar-refractivity contribution in [1.29, 1.82) is 0 Å². The van der Waals surface area contributed by atoms with Crippen LogP contribution in [0.1, 0.15) is 11.3 Å². The molecule has 0 aliphatic rings.